The number of rotatable bonds is 6. The molecule has 0 atom stereocenters. The maximum atomic E-state index is 12.6. The first kappa shape index (κ1) is 17.9. The lowest BCUT2D eigenvalue weighted by atomic mass is 10.2. The molecule has 0 radical (unpaired) electrons. The molecular formula is C18H16N6O3S. The van der Waals surface area contributed by atoms with Gasteiger partial charge in [0, 0.05) is 17.0 Å². The van der Waals surface area contributed by atoms with Crippen LogP contribution in [0.25, 0.3) is 16.9 Å². The van der Waals surface area contributed by atoms with Gasteiger partial charge in [-0.05, 0) is 29.6 Å². The molecule has 1 N–H and O–H groups in total. The van der Waals surface area contributed by atoms with Crippen LogP contribution in [0.2, 0.25) is 0 Å². The highest BCUT2D eigenvalue weighted by Gasteiger charge is 2.16. The summed E-state index contributed by atoms with van der Waals surface area (Å²) in [4.78, 5) is 16.7. The Labute approximate surface area is 164 Å². The lowest BCUT2D eigenvalue weighted by molar-refractivity contribution is 0.0945. The van der Waals surface area contributed by atoms with Gasteiger partial charge in [0.2, 0.25) is 11.8 Å². The van der Waals surface area contributed by atoms with Gasteiger partial charge in [-0.1, -0.05) is 0 Å². The molecule has 9 nitrogen and oxygen atoms in total. The van der Waals surface area contributed by atoms with Gasteiger partial charge in [-0.25, -0.2) is 0 Å². The zero-order valence-electron chi connectivity index (χ0n) is 15.1. The molecule has 142 valence electrons. The van der Waals surface area contributed by atoms with Crippen molar-refractivity contribution >= 4 is 22.9 Å². The van der Waals surface area contributed by atoms with Crippen molar-refractivity contribution in [2.75, 3.05) is 14.2 Å². The second-order valence-electron chi connectivity index (χ2n) is 5.71. The summed E-state index contributed by atoms with van der Waals surface area (Å²) in [5.74, 6) is 0.710. The highest BCUT2D eigenvalue weighted by atomic mass is 32.1. The minimum atomic E-state index is -0.349. The fourth-order valence-corrected chi connectivity index (χ4v) is 3.28. The van der Waals surface area contributed by atoms with Crippen LogP contribution >= 0.6 is 11.3 Å². The largest absolute Gasteiger partial charge is 0.481 e. The van der Waals surface area contributed by atoms with Crippen molar-refractivity contribution in [2.45, 2.75) is 6.54 Å². The SMILES string of the molecule is COc1ccc(C(=O)NCc2nnc3ccc(-c4ccsc4)nn23)c(OC)n1. The smallest absolute Gasteiger partial charge is 0.257 e. The number of fused-ring (bicyclic) bond motifs is 1. The molecule has 4 heterocycles. The minimum Gasteiger partial charge on any atom is -0.481 e. The van der Waals surface area contributed by atoms with Gasteiger partial charge < -0.3 is 14.8 Å². The van der Waals surface area contributed by atoms with Crippen LogP contribution in [0.5, 0.6) is 11.8 Å². The molecule has 0 saturated heterocycles. The minimum absolute atomic E-state index is 0.148. The molecule has 0 aliphatic carbocycles. The van der Waals surface area contributed by atoms with Crippen LogP contribution in [-0.4, -0.2) is 44.9 Å². The Morgan fingerprint density at radius 3 is 2.79 bits per heavy atom. The number of hydrogen-bond acceptors (Lipinski definition) is 8. The number of hydrogen-bond donors (Lipinski definition) is 1. The van der Waals surface area contributed by atoms with Gasteiger partial charge in [-0.3, -0.25) is 4.79 Å². The van der Waals surface area contributed by atoms with E-state index < -0.39 is 0 Å². The normalized spacial score (nSPS) is 10.8. The first-order chi connectivity index (χ1) is 13.7. The molecule has 0 aromatic carbocycles. The molecule has 28 heavy (non-hydrogen) atoms. The molecule has 0 bridgehead atoms. The average molecular weight is 396 g/mol. The Kier molecular flexibility index (Phi) is 4.85. The lowest BCUT2D eigenvalue weighted by Gasteiger charge is -2.09. The Hall–Kier alpha value is -3.53. The highest BCUT2D eigenvalue weighted by molar-refractivity contribution is 7.08. The number of thiophene rings is 1. The van der Waals surface area contributed by atoms with Crippen molar-refractivity contribution in [1.29, 1.82) is 0 Å². The lowest BCUT2D eigenvalue weighted by Crippen LogP contribution is -2.25. The second-order valence-corrected chi connectivity index (χ2v) is 6.49. The molecule has 0 aliphatic rings. The Morgan fingerprint density at radius 1 is 1.14 bits per heavy atom. The summed E-state index contributed by atoms with van der Waals surface area (Å²) in [5.41, 5.74) is 2.72. The van der Waals surface area contributed by atoms with E-state index in [9.17, 15) is 4.79 Å². The maximum absolute atomic E-state index is 12.6. The molecule has 0 aliphatic heterocycles. The molecule has 10 heteroatoms. The first-order valence-corrected chi connectivity index (χ1v) is 9.25. The number of aromatic nitrogens is 5. The van der Waals surface area contributed by atoms with Gasteiger partial charge in [0.25, 0.3) is 5.91 Å². The molecule has 0 saturated carbocycles. The number of carbonyl (C=O) groups is 1. The third-order valence-corrected chi connectivity index (χ3v) is 4.72. The van der Waals surface area contributed by atoms with Crippen LogP contribution in [0.4, 0.5) is 0 Å². The van der Waals surface area contributed by atoms with Gasteiger partial charge in [-0.2, -0.15) is 25.9 Å². The Balaban J connectivity index is 1.56. The molecule has 4 aromatic heterocycles. The second kappa shape index (κ2) is 7.61. The fourth-order valence-electron chi connectivity index (χ4n) is 2.63. The van der Waals surface area contributed by atoms with E-state index in [4.69, 9.17) is 9.47 Å². The van der Waals surface area contributed by atoms with Crippen molar-refractivity contribution in [3.05, 3.63) is 52.5 Å². The zero-order chi connectivity index (χ0) is 19.5. The standard InChI is InChI=1S/C18H16N6O3S/c1-26-16-6-3-12(18(20-16)27-2)17(25)19-9-15-22-21-14-5-4-13(23-24(14)15)11-7-8-28-10-11/h3-8,10H,9H2,1-2H3,(H,19,25). The van der Waals surface area contributed by atoms with E-state index in [2.05, 4.69) is 25.6 Å². The van der Waals surface area contributed by atoms with Crippen LogP contribution < -0.4 is 14.8 Å². The highest BCUT2D eigenvalue weighted by Crippen LogP contribution is 2.21. The van der Waals surface area contributed by atoms with Crippen molar-refractivity contribution < 1.29 is 14.3 Å². The summed E-state index contributed by atoms with van der Waals surface area (Å²) in [6.45, 7) is 0.148. The van der Waals surface area contributed by atoms with E-state index in [1.807, 2.05) is 29.0 Å². The van der Waals surface area contributed by atoms with Gasteiger partial charge in [-0.15, -0.1) is 10.2 Å². The number of pyridine rings is 1. The van der Waals surface area contributed by atoms with Gasteiger partial charge in [0.1, 0.15) is 5.56 Å². The summed E-state index contributed by atoms with van der Waals surface area (Å²) in [6.07, 6.45) is 0. The molecule has 0 fully saturated rings. The van der Waals surface area contributed by atoms with Crippen LogP contribution in [0.3, 0.4) is 0 Å². The van der Waals surface area contributed by atoms with Crippen LogP contribution in [-0.2, 0) is 6.54 Å². The van der Waals surface area contributed by atoms with E-state index in [0.29, 0.717) is 22.9 Å². The third-order valence-electron chi connectivity index (χ3n) is 4.03. The van der Waals surface area contributed by atoms with Crippen LogP contribution in [0.15, 0.2) is 41.1 Å². The molecule has 0 unspecified atom stereocenters. The summed E-state index contributed by atoms with van der Waals surface area (Å²) < 4.78 is 11.8. The van der Waals surface area contributed by atoms with Gasteiger partial charge >= 0.3 is 0 Å². The molecule has 4 aromatic rings. The van der Waals surface area contributed by atoms with Crippen molar-refractivity contribution in [1.82, 2.24) is 30.1 Å². The quantitative estimate of drug-likeness (QED) is 0.533. The van der Waals surface area contributed by atoms with Gasteiger partial charge in [0.05, 0.1) is 26.5 Å². The van der Waals surface area contributed by atoms with E-state index in [-0.39, 0.29) is 18.3 Å². The fraction of sp³-hybridized carbons (Fsp3) is 0.167. The Bertz CT molecular complexity index is 1130. The molecule has 1 amide bonds. The topological polar surface area (TPSA) is 104 Å². The van der Waals surface area contributed by atoms with Gasteiger partial charge in [0.15, 0.2) is 11.5 Å². The zero-order valence-corrected chi connectivity index (χ0v) is 15.9. The average Bonchev–Trinajstić information content (AvgIpc) is 3.41. The number of nitrogens with one attached hydrogen (secondary N) is 1. The van der Waals surface area contributed by atoms with E-state index >= 15 is 0 Å². The summed E-state index contributed by atoms with van der Waals surface area (Å²) in [5, 5.41) is 19.6. The van der Waals surface area contributed by atoms with Crippen molar-refractivity contribution in [2.24, 2.45) is 0 Å². The monoisotopic (exact) mass is 396 g/mol. The molecule has 4 rings (SSSR count). The van der Waals surface area contributed by atoms with Crippen LogP contribution in [0, 0.1) is 0 Å². The van der Waals surface area contributed by atoms with E-state index in [0.717, 1.165) is 11.3 Å². The Morgan fingerprint density at radius 2 is 2.04 bits per heavy atom. The van der Waals surface area contributed by atoms with Crippen molar-refractivity contribution in [3.8, 4) is 23.0 Å². The summed E-state index contributed by atoms with van der Waals surface area (Å²) in [7, 11) is 2.94. The van der Waals surface area contributed by atoms with Crippen LogP contribution in [0.1, 0.15) is 16.2 Å². The number of methoxy groups -OCH3 is 2. The van der Waals surface area contributed by atoms with Crippen molar-refractivity contribution in [3.63, 3.8) is 0 Å². The van der Waals surface area contributed by atoms with E-state index in [1.54, 1.807) is 28.0 Å². The van der Waals surface area contributed by atoms with E-state index in [1.165, 1.54) is 14.2 Å². The predicted octanol–water partition coefficient (Wildman–Crippen LogP) is 2.19. The molecule has 0 spiro atoms. The summed E-state index contributed by atoms with van der Waals surface area (Å²) >= 11 is 1.60. The first-order valence-electron chi connectivity index (χ1n) is 8.30. The number of amides is 1. The number of ether oxygens (including phenoxy) is 2. The molecular weight excluding hydrogens is 380 g/mol. The number of carbonyl (C=O) groups excluding carboxylic acids is 1. The number of nitrogens with zero attached hydrogens (tertiary/aromatic N) is 5. The summed E-state index contributed by atoms with van der Waals surface area (Å²) in [6, 6.07) is 8.91. The third kappa shape index (κ3) is 3.37. The predicted molar refractivity (Wildman–Crippen MR) is 103 cm³/mol. The maximum Gasteiger partial charge on any atom is 0.257 e.